The van der Waals surface area contributed by atoms with Gasteiger partial charge in [-0.2, -0.15) is 0 Å². The van der Waals surface area contributed by atoms with Gasteiger partial charge < -0.3 is 15.2 Å². The molecule has 2 N–H and O–H groups in total. The Morgan fingerprint density at radius 3 is 2.79 bits per heavy atom. The van der Waals surface area contributed by atoms with Crippen molar-refractivity contribution >= 4 is 22.6 Å². The minimum absolute atomic E-state index is 0.0339. The number of imidazole rings is 1. The van der Waals surface area contributed by atoms with Gasteiger partial charge in [0.25, 0.3) is 0 Å². The summed E-state index contributed by atoms with van der Waals surface area (Å²) in [5.74, 6) is 0.946. The normalized spacial score (nSPS) is 13.4. The number of fused-ring (bicyclic) bond motifs is 1. The number of hydrogen-bond donors (Lipinski definition) is 1. The van der Waals surface area contributed by atoms with E-state index in [1.165, 1.54) is 0 Å². The van der Waals surface area contributed by atoms with Crippen LogP contribution in [0.2, 0.25) is 5.02 Å². The van der Waals surface area contributed by atoms with Crippen molar-refractivity contribution in [1.29, 1.82) is 0 Å². The Morgan fingerprint density at radius 1 is 1.42 bits per heavy atom. The van der Waals surface area contributed by atoms with Crippen LogP contribution < -0.4 is 5.73 Å². The quantitative estimate of drug-likeness (QED) is 0.916. The SMILES string of the molecule is CCC(N)c1nc2cc(Cl)ccc2n1CCN(C)C. The van der Waals surface area contributed by atoms with Crippen molar-refractivity contribution in [3.05, 3.63) is 29.0 Å². The molecule has 1 heterocycles. The molecule has 0 aliphatic carbocycles. The van der Waals surface area contributed by atoms with Crippen molar-refractivity contribution < 1.29 is 0 Å². The molecule has 0 saturated heterocycles. The molecule has 5 heteroatoms. The molecule has 0 spiro atoms. The first-order valence-electron chi connectivity index (χ1n) is 6.59. The molecule has 1 atom stereocenters. The van der Waals surface area contributed by atoms with E-state index in [0.29, 0.717) is 5.02 Å². The Morgan fingerprint density at radius 2 is 2.16 bits per heavy atom. The average molecular weight is 281 g/mol. The highest BCUT2D eigenvalue weighted by Gasteiger charge is 2.15. The molecule has 0 saturated carbocycles. The van der Waals surface area contributed by atoms with Crippen molar-refractivity contribution in [3.8, 4) is 0 Å². The summed E-state index contributed by atoms with van der Waals surface area (Å²) in [4.78, 5) is 6.81. The number of likely N-dealkylation sites (N-methyl/N-ethyl adjacent to an activating group) is 1. The topological polar surface area (TPSA) is 47.1 Å². The zero-order valence-electron chi connectivity index (χ0n) is 11.7. The van der Waals surface area contributed by atoms with E-state index in [2.05, 4.69) is 35.5 Å². The van der Waals surface area contributed by atoms with Crippen LogP contribution in [0.3, 0.4) is 0 Å². The smallest absolute Gasteiger partial charge is 0.126 e. The van der Waals surface area contributed by atoms with Gasteiger partial charge in [-0.25, -0.2) is 4.98 Å². The minimum atomic E-state index is -0.0339. The molecule has 0 radical (unpaired) electrons. The van der Waals surface area contributed by atoms with Gasteiger partial charge in [0.2, 0.25) is 0 Å². The fourth-order valence-electron chi connectivity index (χ4n) is 2.12. The van der Waals surface area contributed by atoms with E-state index < -0.39 is 0 Å². The lowest BCUT2D eigenvalue weighted by Gasteiger charge is -2.15. The van der Waals surface area contributed by atoms with E-state index >= 15 is 0 Å². The first-order chi connectivity index (χ1) is 9.02. The van der Waals surface area contributed by atoms with Crippen LogP contribution in [0.15, 0.2) is 18.2 Å². The number of rotatable bonds is 5. The predicted octanol–water partition coefficient (Wildman–Crippen LogP) is 2.66. The van der Waals surface area contributed by atoms with Gasteiger partial charge in [-0.3, -0.25) is 0 Å². The van der Waals surface area contributed by atoms with E-state index in [0.717, 1.165) is 36.4 Å². The highest BCUT2D eigenvalue weighted by atomic mass is 35.5. The summed E-state index contributed by atoms with van der Waals surface area (Å²) in [5, 5.41) is 0.710. The Labute approximate surface area is 119 Å². The summed E-state index contributed by atoms with van der Waals surface area (Å²) in [6.45, 7) is 3.92. The fraction of sp³-hybridized carbons (Fsp3) is 0.500. The Hall–Kier alpha value is -1.10. The van der Waals surface area contributed by atoms with Gasteiger partial charge in [-0.1, -0.05) is 18.5 Å². The van der Waals surface area contributed by atoms with Gasteiger partial charge in [-0.05, 0) is 38.7 Å². The molecular weight excluding hydrogens is 260 g/mol. The van der Waals surface area contributed by atoms with Crippen molar-refractivity contribution in [3.63, 3.8) is 0 Å². The maximum absolute atomic E-state index is 6.17. The maximum Gasteiger partial charge on any atom is 0.126 e. The van der Waals surface area contributed by atoms with Crippen LogP contribution in [0, 0.1) is 0 Å². The molecule has 4 nitrogen and oxygen atoms in total. The maximum atomic E-state index is 6.17. The molecule has 104 valence electrons. The molecule has 0 amide bonds. The second-order valence-electron chi connectivity index (χ2n) is 5.07. The van der Waals surface area contributed by atoms with Crippen LogP contribution in [-0.2, 0) is 6.54 Å². The monoisotopic (exact) mass is 280 g/mol. The lowest BCUT2D eigenvalue weighted by molar-refractivity contribution is 0.380. The molecule has 2 aromatic rings. The third kappa shape index (κ3) is 3.08. The zero-order valence-corrected chi connectivity index (χ0v) is 12.5. The van der Waals surface area contributed by atoms with Crippen molar-refractivity contribution in [2.75, 3.05) is 20.6 Å². The number of aromatic nitrogens is 2. The van der Waals surface area contributed by atoms with Crippen LogP contribution in [0.4, 0.5) is 0 Å². The Balaban J connectivity index is 2.48. The largest absolute Gasteiger partial charge is 0.325 e. The van der Waals surface area contributed by atoms with E-state index in [-0.39, 0.29) is 6.04 Å². The highest BCUT2D eigenvalue weighted by molar-refractivity contribution is 6.31. The molecule has 1 aromatic heterocycles. The van der Waals surface area contributed by atoms with Gasteiger partial charge in [0, 0.05) is 18.1 Å². The molecule has 19 heavy (non-hydrogen) atoms. The zero-order chi connectivity index (χ0) is 14.0. The highest BCUT2D eigenvalue weighted by Crippen LogP contribution is 2.24. The Kier molecular flexibility index (Phi) is 4.45. The molecule has 0 aliphatic heterocycles. The number of hydrogen-bond acceptors (Lipinski definition) is 3. The van der Waals surface area contributed by atoms with Gasteiger partial charge in [0.05, 0.1) is 17.1 Å². The number of benzene rings is 1. The average Bonchev–Trinajstić information content (AvgIpc) is 2.72. The van der Waals surface area contributed by atoms with Crippen LogP contribution in [0.5, 0.6) is 0 Å². The molecule has 1 unspecified atom stereocenters. The number of nitrogens with zero attached hydrogens (tertiary/aromatic N) is 3. The van der Waals surface area contributed by atoms with E-state index in [1.54, 1.807) is 0 Å². The number of nitrogens with two attached hydrogens (primary N) is 1. The van der Waals surface area contributed by atoms with Crippen LogP contribution in [-0.4, -0.2) is 35.1 Å². The van der Waals surface area contributed by atoms with Crippen LogP contribution >= 0.6 is 11.6 Å². The third-order valence-corrected chi connectivity index (χ3v) is 3.52. The molecule has 1 aromatic carbocycles. The molecule has 0 bridgehead atoms. The summed E-state index contributed by atoms with van der Waals surface area (Å²) >= 11 is 6.03. The van der Waals surface area contributed by atoms with Gasteiger partial charge in [0.15, 0.2) is 0 Å². The van der Waals surface area contributed by atoms with E-state index in [4.69, 9.17) is 17.3 Å². The first kappa shape index (κ1) is 14.3. The second-order valence-corrected chi connectivity index (χ2v) is 5.51. The summed E-state index contributed by atoms with van der Waals surface area (Å²) in [7, 11) is 4.13. The molecule has 0 aliphatic rings. The Bertz CT molecular complexity index is 562. The summed E-state index contributed by atoms with van der Waals surface area (Å²) in [6, 6.07) is 5.79. The standard InChI is InChI=1S/C14H21ClN4/c1-4-11(16)14-17-12-9-10(15)5-6-13(12)19(14)8-7-18(2)3/h5-6,9,11H,4,7-8,16H2,1-3H3. The van der Waals surface area contributed by atoms with Crippen molar-refractivity contribution in [2.45, 2.75) is 25.9 Å². The number of halogens is 1. The van der Waals surface area contributed by atoms with Crippen LogP contribution in [0.25, 0.3) is 11.0 Å². The first-order valence-corrected chi connectivity index (χ1v) is 6.96. The fourth-order valence-corrected chi connectivity index (χ4v) is 2.29. The molecule has 0 fully saturated rings. The van der Waals surface area contributed by atoms with Gasteiger partial charge >= 0.3 is 0 Å². The minimum Gasteiger partial charge on any atom is -0.325 e. The summed E-state index contributed by atoms with van der Waals surface area (Å²) in [6.07, 6.45) is 0.874. The lowest BCUT2D eigenvalue weighted by Crippen LogP contribution is -2.22. The molecule has 2 rings (SSSR count). The van der Waals surface area contributed by atoms with Gasteiger partial charge in [0.1, 0.15) is 5.82 Å². The lowest BCUT2D eigenvalue weighted by atomic mass is 10.2. The van der Waals surface area contributed by atoms with E-state index in [9.17, 15) is 0 Å². The molecular formula is C14H21ClN4. The van der Waals surface area contributed by atoms with Crippen molar-refractivity contribution in [1.82, 2.24) is 14.5 Å². The third-order valence-electron chi connectivity index (χ3n) is 3.28. The summed E-state index contributed by atoms with van der Waals surface area (Å²) in [5.41, 5.74) is 8.20. The summed E-state index contributed by atoms with van der Waals surface area (Å²) < 4.78 is 2.21. The predicted molar refractivity (Wildman–Crippen MR) is 80.5 cm³/mol. The van der Waals surface area contributed by atoms with Crippen LogP contribution in [0.1, 0.15) is 25.2 Å². The van der Waals surface area contributed by atoms with E-state index in [1.807, 2.05) is 18.2 Å². The van der Waals surface area contributed by atoms with Crippen molar-refractivity contribution in [2.24, 2.45) is 5.73 Å². The van der Waals surface area contributed by atoms with Gasteiger partial charge in [-0.15, -0.1) is 0 Å². The second kappa shape index (κ2) is 5.90.